The minimum absolute atomic E-state index is 0.219. The molecule has 1 saturated carbocycles. The van der Waals surface area contributed by atoms with Crippen molar-refractivity contribution in [2.75, 3.05) is 13.1 Å². The molecule has 3 aromatic rings. The van der Waals surface area contributed by atoms with E-state index < -0.39 is 5.60 Å². The van der Waals surface area contributed by atoms with Gasteiger partial charge in [-0.15, -0.1) is 6.42 Å². The lowest BCUT2D eigenvalue weighted by atomic mass is 9.80. The number of carbonyl (C=O) groups excluding carboxylic acids is 2. The lowest BCUT2D eigenvalue weighted by molar-refractivity contribution is -0.127. The summed E-state index contributed by atoms with van der Waals surface area (Å²) in [5, 5.41) is 14.2. The summed E-state index contributed by atoms with van der Waals surface area (Å²) < 4.78 is 0. The van der Waals surface area contributed by atoms with Crippen molar-refractivity contribution in [3.63, 3.8) is 0 Å². The maximum Gasteiger partial charge on any atom is 0.299 e. The summed E-state index contributed by atoms with van der Waals surface area (Å²) in [6.45, 7) is 0.794. The first-order valence-corrected chi connectivity index (χ1v) is 11.0. The van der Waals surface area contributed by atoms with Gasteiger partial charge in [-0.25, -0.2) is 0 Å². The van der Waals surface area contributed by atoms with E-state index in [2.05, 4.69) is 22.3 Å². The predicted molar refractivity (Wildman–Crippen MR) is 122 cm³/mol. The summed E-state index contributed by atoms with van der Waals surface area (Å²) in [5.41, 5.74) is 3.82. The highest BCUT2D eigenvalue weighted by Crippen LogP contribution is 2.38. The van der Waals surface area contributed by atoms with Crippen molar-refractivity contribution in [2.24, 2.45) is 0 Å². The zero-order valence-electron chi connectivity index (χ0n) is 17.7. The van der Waals surface area contributed by atoms with Crippen LogP contribution < -0.4 is 5.32 Å². The van der Waals surface area contributed by atoms with E-state index in [-0.39, 0.29) is 24.4 Å². The Balaban J connectivity index is 1.45. The van der Waals surface area contributed by atoms with Crippen LogP contribution in [0.3, 0.4) is 0 Å². The van der Waals surface area contributed by atoms with Crippen LogP contribution in [0.25, 0.3) is 10.9 Å². The summed E-state index contributed by atoms with van der Waals surface area (Å²) in [6.07, 6.45) is 8.63. The number of rotatable bonds is 4. The number of terminal acetylenes is 1. The highest BCUT2D eigenvalue weighted by Gasteiger charge is 2.35. The Morgan fingerprint density at radius 2 is 1.94 bits per heavy atom. The third kappa shape index (κ3) is 3.45. The fraction of sp³-hybridized carbons (Fsp3) is 0.308. The molecule has 6 nitrogen and oxygen atoms in total. The van der Waals surface area contributed by atoms with Gasteiger partial charge in [0.2, 0.25) is 0 Å². The molecular formula is C26H25N3O3. The molecule has 1 fully saturated rings. The van der Waals surface area contributed by atoms with E-state index in [0.717, 1.165) is 47.8 Å². The molecule has 0 radical (unpaired) electrons. The van der Waals surface area contributed by atoms with Gasteiger partial charge < -0.3 is 20.3 Å². The van der Waals surface area contributed by atoms with Crippen LogP contribution in [0.2, 0.25) is 0 Å². The Labute approximate surface area is 186 Å². The van der Waals surface area contributed by atoms with Crippen molar-refractivity contribution in [1.29, 1.82) is 0 Å². The topological polar surface area (TPSA) is 85.4 Å². The molecule has 0 unspecified atom stereocenters. The fourth-order valence-electron chi connectivity index (χ4n) is 4.81. The van der Waals surface area contributed by atoms with Crippen LogP contribution in [0.15, 0.2) is 48.5 Å². The third-order valence-corrected chi connectivity index (χ3v) is 6.77. The molecule has 2 aliphatic rings. The number of aliphatic hydroxyl groups is 1. The third-order valence-electron chi connectivity index (χ3n) is 6.77. The number of hydrogen-bond acceptors (Lipinski definition) is 3. The Morgan fingerprint density at radius 1 is 1.19 bits per heavy atom. The Morgan fingerprint density at radius 3 is 2.62 bits per heavy atom. The molecule has 0 spiro atoms. The minimum Gasteiger partial charge on any atom is -0.388 e. The molecule has 32 heavy (non-hydrogen) atoms. The maximum atomic E-state index is 12.6. The van der Waals surface area contributed by atoms with Crippen molar-refractivity contribution in [1.82, 2.24) is 15.2 Å². The van der Waals surface area contributed by atoms with Crippen LogP contribution in [0, 0.1) is 12.3 Å². The number of benzene rings is 2. The number of H-pyrrole nitrogens is 1. The van der Waals surface area contributed by atoms with Gasteiger partial charge in [0.1, 0.15) is 0 Å². The molecule has 1 aliphatic heterocycles. The molecule has 1 atom stereocenters. The molecule has 2 amide bonds. The van der Waals surface area contributed by atoms with E-state index in [4.69, 9.17) is 6.42 Å². The van der Waals surface area contributed by atoms with Crippen LogP contribution in [-0.2, 0) is 11.2 Å². The molecule has 162 valence electrons. The summed E-state index contributed by atoms with van der Waals surface area (Å²) >= 11 is 0. The van der Waals surface area contributed by atoms with Gasteiger partial charge in [-0.05, 0) is 60.9 Å². The van der Waals surface area contributed by atoms with E-state index in [1.165, 1.54) is 5.56 Å². The van der Waals surface area contributed by atoms with Gasteiger partial charge in [0.25, 0.3) is 11.8 Å². The molecule has 2 heterocycles. The first-order valence-electron chi connectivity index (χ1n) is 11.0. The van der Waals surface area contributed by atoms with Gasteiger partial charge in [0, 0.05) is 35.2 Å². The standard InChI is InChI=1S/C26H25N3O3/c1-2-22(30)29-15-12-20-19-6-3-4-7-21(19)28-23(20)24(29)17-8-10-18(11-9-17)25(31)27-16-26(32)13-5-14-26/h1,3-4,6-11,24,28,32H,5,12-16H2,(H,27,31)/t24-/m0/s1. The van der Waals surface area contributed by atoms with Crippen molar-refractivity contribution < 1.29 is 14.7 Å². The van der Waals surface area contributed by atoms with Gasteiger partial charge in [-0.2, -0.15) is 0 Å². The fourth-order valence-corrected chi connectivity index (χ4v) is 4.81. The van der Waals surface area contributed by atoms with Crippen molar-refractivity contribution in [2.45, 2.75) is 37.3 Å². The summed E-state index contributed by atoms with van der Waals surface area (Å²) in [7, 11) is 0. The van der Waals surface area contributed by atoms with Crippen molar-refractivity contribution in [3.8, 4) is 12.3 Å². The second-order valence-electron chi connectivity index (χ2n) is 8.74. The number of aromatic nitrogens is 1. The first kappa shape index (κ1) is 20.3. The SMILES string of the molecule is C#CC(=O)N1CCc2c([nH]c3ccccc23)[C@@H]1c1ccc(C(=O)NCC2(O)CCC2)cc1. The Bertz CT molecular complexity index is 1230. The number of amides is 2. The number of hydrogen-bond donors (Lipinski definition) is 3. The van der Waals surface area contributed by atoms with Crippen LogP contribution >= 0.6 is 0 Å². The quantitative estimate of drug-likeness (QED) is 0.560. The van der Waals surface area contributed by atoms with Crippen LogP contribution in [0.4, 0.5) is 0 Å². The number of nitrogens with one attached hydrogen (secondary N) is 2. The zero-order valence-corrected chi connectivity index (χ0v) is 17.7. The van der Waals surface area contributed by atoms with Gasteiger partial charge in [0.05, 0.1) is 11.6 Å². The van der Waals surface area contributed by atoms with Crippen LogP contribution in [0.1, 0.15) is 52.5 Å². The van der Waals surface area contributed by atoms with Gasteiger partial charge in [-0.1, -0.05) is 30.3 Å². The second-order valence-corrected chi connectivity index (χ2v) is 8.74. The zero-order chi connectivity index (χ0) is 22.3. The number of fused-ring (bicyclic) bond motifs is 3. The maximum absolute atomic E-state index is 12.6. The van der Waals surface area contributed by atoms with Crippen LogP contribution in [0.5, 0.6) is 0 Å². The van der Waals surface area contributed by atoms with Gasteiger partial charge >= 0.3 is 0 Å². The highest BCUT2D eigenvalue weighted by atomic mass is 16.3. The summed E-state index contributed by atoms with van der Waals surface area (Å²) in [4.78, 5) is 30.3. The number of para-hydroxylation sites is 1. The molecule has 0 bridgehead atoms. The van der Waals surface area contributed by atoms with E-state index in [9.17, 15) is 14.7 Å². The van der Waals surface area contributed by atoms with Crippen molar-refractivity contribution >= 4 is 22.7 Å². The largest absolute Gasteiger partial charge is 0.388 e. The molecule has 6 heteroatoms. The number of carbonyl (C=O) groups is 2. The molecule has 1 aliphatic carbocycles. The summed E-state index contributed by atoms with van der Waals surface area (Å²) in [5.74, 6) is 1.68. The summed E-state index contributed by atoms with van der Waals surface area (Å²) in [6, 6.07) is 15.0. The molecule has 0 saturated heterocycles. The predicted octanol–water partition coefficient (Wildman–Crippen LogP) is 2.92. The highest BCUT2D eigenvalue weighted by molar-refractivity contribution is 5.95. The van der Waals surface area contributed by atoms with Gasteiger partial charge in [0.15, 0.2) is 0 Å². The Hall–Kier alpha value is -3.56. The average molecular weight is 428 g/mol. The van der Waals surface area contributed by atoms with E-state index in [1.54, 1.807) is 17.0 Å². The monoisotopic (exact) mass is 427 g/mol. The second kappa shape index (κ2) is 7.85. The Kier molecular flexibility index (Phi) is 4.99. The van der Waals surface area contributed by atoms with E-state index in [1.807, 2.05) is 30.3 Å². The van der Waals surface area contributed by atoms with E-state index >= 15 is 0 Å². The first-order chi connectivity index (χ1) is 15.5. The molecular weight excluding hydrogens is 402 g/mol. The number of nitrogens with zero attached hydrogens (tertiary/aromatic N) is 1. The average Bonchev–Trinajstić information content (AvgIpc) is 3.19. The van der Waals surface area contributed by atoms with Crippen LogP contribution in [-0.4, -0.2) is 45.5 Å². The van der Waals surface area contributed by atoms with Gasteiger partial charge in [-0.3, -0.25) is 9.59 Å². The van der Waals surface area contributed by atoms with Crippen molar-refractivity contribution in [3.05, 3.63) is 70.9 Å². The molecule has 5 rings (SSSR count). The lowest BCUT2D eigenvalue weighted by Gasteiger charge is -2.36. The minimum atomic E-state index is -0.764. The smallest absolute Gasteiger partial charge is 0.299 e. The molecule has 1 aromatic heterocycles. The lowest BCUT2D eigenvalue weighted by Crippen LogP contribution is -2.47. The normalized spacial score (nSPS) is 19.0. The number of aromatic amines is 1. The molecule has 3 N–H and O–H groups in total. The molecule has 2 aromatic carbocycles. The van der Waals surface area contributed by atoms with E-state index in [0.29, 0.717) is 12.1 Å².